The van der Waals surface area contributed by atoms with Crippen molar-refractivity contribution in [2.75, 3.05) is 25.0 Å². The van der Waals surface area contributed by atoms with Crippen LogP contribution in [-0.2, 0) is 6.54 Å². The lowest BCUT2D eigenvalue weighted by Crippen LogP contribution is -2.39. The lowest BCUT2D eigenvalue weighted by atomic mass is 10.1. The highest BCUT2D eigenvalue weighted by molar-refractivity contribution is 5.56. The Morgan fingerprint density at radius 2 is 2.15 bits per heavy atom. The lowest BCUT2D eigenvalue weighted by Gasteiger charge is -2.29. The van der Waals surface area contributed by atoms with Crippen LogP contribution in [0.2, 0.25) is 0 Å². The Labute approximate surface area is 120 Å². The smallest absolute Gasteiger partial charge is 0.152 e. The lowest BCUT2D eigenvalue weighted by molar-refractivity contribution is 0.0874. The molecule has 0 aliphatic rings. The molecule has 0 amide bonds. The summed E-state index contributed by atoms with van der Waals surface area (Å²) in [5, 5.41) is 13.3. The summed E-state index contributed by atoms with van der Waals surface area (Å²) < 4.78 is 2.10. The fourth-order valence-corrected chi connectivity index (χ4v) is 2.42. The zero-order chi connectivity index (χ0) is 14.8. The maximum Gasteiger partial charge on any atom is 0.152 e. The molecule has 0 spiro atoms. The molecule has 0 fully saturated rings. The summed E-state index contributed by atoms with van der Waals surface area (Å²) in [5.41, 5.74) is 1.30. The zero-order valence-electron chi connectivity index (χ0n) is 12.7. The van der Waals surface area contributed by atoms with Gasteiger partial charge in [-0.2, -0.15) is 0 Å². The molecule has 0 atom stereocenters. The topological polar surface area (TPSA) is 52.8 Å². The van der Waals surface area contributed by atoms with Gasteiger partial charge in [0.25, 0.3) is 0 Å². The van der Waals surface area contributed by atoms with Crippen LogP contribution in [0.15, 0.2) is 24.4 Å². The summed E-state index contributed by atoms with van der Waals surface area (Å²) in [7, 11) is 1.93. The predicted octanol–water partition coefficient (Wildman–Crippen LogP) is 1.65. The summed E-state index contributed by atoms with van der Waals surface area (Å²) in [6.07, 6.45) is 2.02. The number of imidazole rings is 1. The second-order valence-electron chi connectivity index (χ2n) is 5.67. The highest BCUT2D eigenvalue weighted by Crippen LogP contribution is 2.23. The molecular weight excluding hydrogens is 252 g/mol. The van der Waals surface area contributed by atoms with Gasteiger partial charge in [0, 0.05) is 25.8 Å². The van der Waals surface area contributed by atoms with Crippen LogP contribution < -0.4 is 10.2 Å². The first-order valence-electron chi connectivity index (χ1n) is 7.04. The largest absolute Gasteiger partial charge is 0.389 e. The van der Waals surface area contributed by atoms with Gasteiger partial charge in [0.2, 0.25) is 0 Å². The van der Waals surface area contributed by atoms with Gasteiger partial charge in [0.15, 0.2) is 5.82 Å². The van der Waals surface area contributed by atoms with Crippen LogP contribution in [0.1, 0.15) is 26.5 Å². The van der Waals surface area contributed by atoms with Crippen molar-refractivity contribution in [2.24, 2.45) is 0 Å². The number of hydrogen-bond donors (Lipinski definition) is 2. The van der Waals surface area contributed by atoms with E-state index in [-0.39, 0.29) is 0 Å². The number of nitrogens with one attached hydrogen (secondary N) is 1. The molecule has 2 rings (SSSR count). The molecule has 0 unspecified atom stereocenters. The third-order valence-electron chi connectivity index (χ3n) is 3.21. The molecule has 0 bridgehead atoms. The predicted molar refractivity (Wildman–Crippen MR) is 82.1 cm³/mol. The van der Waals surface area contributed by atoms with Crippen LogP contribution in [0.5, 0.6) is 0 Å². The van der Waals surface area contributed by atoms with Crippen LogP contribution in [0.4, 0.5) is 5.82 Å². The van der Waals surface area contributed by atoms with Crippen LogP contribution in [0.25, 0.3) is 5.65 Å². The van der Waals surface area contributed by atoms with E-state index in [0.29, 0.717) is 6.54 Å². The minimum atomic E-state index is -0.747. The molecule has 2 N–H and O–H groups in total. The molecule has 2 aromatic rings. The SMILES string of the molecule is CCN(CC(C)(C)O)c1nc2ccccn2c1CNC. The van der Waals surface area contributed by atoms with Gasteiger partial charge in [-0.1, -0.05) is 6.07 Å². The third-order valence-corrected chi connectivity index (χ3v) is 3.21. The van der Waals surface area contributed by atoms with E-state index in [1.54, 1.807) is 0 Å². The number of nitrogens with zero attached hydrogens (tertiary/aromatic N) is 3. The normalized spacial score (nSPS) is 12.1. The van der Waals surface area contributed by atoms with Crippen molar-refractivity contribution in [3.63, 3.8) is 0 Å². The molecule has 0 aliphatic heterocycles. The number of likely N-dealkylation sites (N-methyl/N-ethyl adjacent to an activating group) is 1. The van der Waals surface area contributed by atoms with E-state index >= 15 is 0 Å². The highest BCUT2D eigenvalue weighted by Gasteiger charge is 2.22. The van der Waals surface area contributed by atoms with E-state index in [1.807, 2.05) is 45.3 Å². The van der Waals surface area contributed by atoms with E-state index in [0.717, 1.165) is 30.2 Å². The summed E-state index contributed by atoms with van der Waals surface area (Å²) in [6, 6.07) is 5.99. The molecule has 2 aromatic heterocycles. The second kappa shape index (κ2) is 5.81. The van der Waals surface area contributed by atoms with Crippen molar-refractivity contribution in [2.45, 2.75) is 32.9 Å². The Balaban J connectivity index is 2.48. The van der Waals surface area contributed by atoms with Gasteiger partial charge >= 0.3 is 0 Å². The van der Waals surface area contributed by atoms with Crippen molar-refractivity contribution in [3.05, 3.63) is 30.1 Å². The van der Waals surface area contributed by atoms with Crippen molar-refractivity contribution in [1.82, 2.24) is 14.7 Å². The van der Waals surface area contributed by atoms with E-state index in [2.05, 4.69) is 21.5 Å². The van der Waals surface area contributed by atoms with Crippen molar-refractivity contribution >= 4 is 11.5 Å². The van der Waals surface area contributed by atoms with Gasteiger partial charge in [-0.3, -0.25) is 0 Å². The van der Waals surface area contributed by atoms with Gasteiger partial charge in [-0.05, 0) is 40.0 Å². The van der Waals surface area contributed by atoms with Gasteiger partial charge < -0.3 is 19.7 Å². The highest BCUT2D eigenvalue weighted by atomic mass is 16.3. The maximum atomic E-state index is 10.1. The minimum absolute atomic E-state index is 0.560. The van der Waals surface area contributed by atoms with Gasteiger partial charge in [0.05, 0.1) is 11.3 Å². The molecule has 0 saturated heterocycles. The monoisotopic (exact) mass is 276 g/mol. The number of fused-ring (bicyclic) bond motifs is 1. The van der Waals surface area contributed by atoms with E-state index in [1.165, 1.54) is 0 Å². The van der Waals surface area contributed by atoms with E-state index in [9.17, 15) is 5.11 Å². The molecule has 5 heteroatoms. The number of pyridine rings is 1. The molecule has 5 nitrogen and oxygen atoms in total. The van der Waals surface area contributed by atoms with Crippen molar-refractivity contribution < 1.29 is 5.11 Å². The fourth-order valence-electron chi connectivity index (χ4n) is 2.42. The minimum Gasteiger partial charge on any atom is -0.389 e. The molecule has 0 aromatic carbocycles. The summed E-state index contributed by atoms with van der Waals surface area (Å²) in [5.74, 6) is 0.940. The first kappa shape index (κ1) is 14.8. The van der Waals surface area contributed by atoms with Crippen LogP contribution in [0.3, 0.4) is 0 Å². The summed E-state index contributed by atoms with van der Waals surface area (Å²) in [4.78, 5) is 6.85. The zero-order valence-corrected chi connectivity index (χ0v) is 12.7. The van der Waals surface area contributed by atoms with Gasteiger partial charge in [0.1, 0.15) is 5.65 Å². The van der Waals surface area contributed by atoms with Crippen LogP contribution in [-0.4, -0.2) is 40.2 Å². The van der Waals surface area contributed by atoms with Gasteiger partial charge in [-0.25, -0.2) is 4.98 Å². The molecule has 110 valence electrons. The first-order chi connectivity index (χ1) is 9.46. The standard InChI is InChI=1S/C15H24N4O/c1-5-18(11-15(2,3)20)14-12(10-16-4)19-9-7-6-8-13(19)17-14/h6-9,16,20H,5,10-11H2,1-4H3. The average Bonchev–Trinajstić information content (AvgIpc) is 2.75. The molecule has 2 heterocycles. The van der Waals surface area contributed by atoms with Gasteiger partial charge in [-0.15, -0.1) is 0 Å². The molecule has 0 aliphatic carbocycles. The Morgan fingerprint density at radius 1 is 1.40 bits per heavy atom. The van der Waals surface area contributed by atoms with Crippen molar-refractivity contribution in [1.29, 1.82) is 0 Å². The number of aromatic nitrogens is 2. The first-order valence-corrected chi connectivity index (χ1v) is 7.04. The number of aliphatic hydroxyl groups is 1. The summed E-state index contributed by atoms with van der Waals surface area (Å²) >= 11 is 0. The van der Waals surface area contributed by atoms with Crippen molar-refractivity contribution in [3.8, 4) is 0 Å². The number of anilines is 1. The van der Waals surface area contributed by atoms with E-state index in [4.69, 9.17) is 4.98 Å². The molecular formula is C15H24N4O. The average molecular weight is 276 g/mol. The van der Waals surface area contributed by atoms with Crippen LogP contribution >= 0.6 is 0 Å². The van der Waals surface area contributed by atoms with Crippen LogP contribution in [0, 0.1) is 0 Å². The Bertz CT molecular complexity index is 571. The summed E-state index contributed by atoms with van der Waals surface area (Å²) in [6.45, 7) is 7.84. The Kier molecular flexibility index (Phi) is 4.30. The number of rotatable bonds is 6. The van der Waals surface area contributed by atoms with E-state index < -0.39 is 5.60 Å². The molecule has 0 saturated carbocycles. The fraction of sp³-hybridized carbons (Fsp3) is 0.533. The number of hydrogen-bond acceptors (Lipinski definition) is 4. The maximum absolute atomic E-state index is 10.1. The second-order valence-corrected chi connectivity index (χ2v) is 5.67. The quantitative estimate of drug-likeness (QED) is 0.842. The Hall–Kier alpha value is -1.59. The Morgan fingerprint density at radius 3 is 2.75 bits per heavy atom. The third kappa shape index (κ3) is 3.11. The molecule has 20 heavy (non-hydrogen) atoms. The molecule has 0 radical (unpaired) electrons.